The van der Waals surface area contributed by atoms with E-state index in [1.54, 1.807) is 11.8 Å². The molecule has 0 unspecified atom stereocenters. The summed E-state index contributed by atoms with van der Waals surface area (Å²) in [5.41, 5.74) is 4.02. The Hall–Kier alpha value is -4.17. The average molecular weight is 473 g/mol. The number of methoxy groups -OCH3 is 1. The van der Waals surface area contributed by atoms with Crippen molar-refractivity contribution in [1.82, 2.24) is 14.8 Å². The van der Waals surface area contributed by atoms with Crippen LogP contribution in [0.1, 0.15) is 22.8 Å². The van der Waals surface area contributed by atoms with Crippen LogP contribution in [0.5, 0.6) is 11.8 Å². The molecule has 0 saturated heterocycles. The van der Waals surface area contributed by atoms with Crippen molar-refractivity contribution in [2.24, 2.45) is 0 Å². The summed E-state index contributed by atoms with van der Waals surface area (Å²) in [6.07, 6.45) is 0. The first kappa shape index (κ1) is 24.0. The molecule has 1 N–H and O–H groups in total. The molecule has 0 radical (unpaired) electrons. The molecule has 0 aliphatic heterocycles. The lowest BCUT2D eigenvalue weighted by atomic mass is 10.1. The highest BCUT2D eigenvalue weighted by Crippen LogP contribution is 2.26. The van der Waals surface area contributed by atoms with Crippen molar-refractivity contribution < 1.29 is 19.0 Å². The van der Waals surface area contributed by atoms with E-state index in [9.17, 15) is 4.79 Å². The molecule has 8 nitrogen and oxygen atoms in total. The summed E-state index contributed by atoms with van der Waals surface area (Å²) in [6, 6.07) is 22.7. The fraction of sp³-hybridized carbons (Fsp3) is 0.222. The fourth-order valence-electron chi connectivity index (χ4n) is 3.39. The first-order chi connectivity index (χ1) is 17.1. The van der Waals surface area contributed by atoms with Gasteiger partial charge in [-0.3, -0.25) is 4.79 Å². The van der Waals surface area contributed by atoms with Gasteiger partial charge in [-0.2, -0.15) is 4.98 Å². The molecule has 1 heterocycles. The molecule has 0 aliphatic carbocycles. The molecule has 0 spiro atoms. The second kappa shape index (κ2) is 11.3. The molecule has 4 aromatic rings. The van der Waals surface area contributed by atoms with E-state index in [4.69, 9.17) is 14.2 Å². The van der Waals surface area contributed by atoms with Gasteiger partial charge in [-0.15, -0.1) is 5.10 Å². The van der Waals surface area contributed by atoms with Crippen LogP contribution in [0.15, 0.2) is 72.8 Å². The maximum Gasteiger partial charge on any atom is 0.336 e. The van der Waals surface area contributed by atoms with E-state index < -0.39 is 0 Å². The number of anilines is 1. The van der Waals surface area contributed by atoms with Crippen molar-refractivity contribution in [3.05, 3.63) is 83.9 Å². The van der Waals surface area contributed by atoms with Crippen LogP contribution in [-0.4, -0.2) is 47.6 Å². The summed E-state index contributed by atoms with van der Waals surface area (Å²) in [7, 11) is 1.63. The van der Waals surface area contributed by atoms with Crippen LogP contribution in [0.4, 0.5) is 5.69 Å². The van der Waals surface area contributed by atoms with Gasteiger partial charge in [0.2, 0.25) is 0 Å². The van der Waals surface area contributed by atoms with Gasteiger partial charge in [-0.25, -0.2) is 4.68 Å². The predicted molar refractivity (Wildman–Crippen MR) is 134 cm³/mol. The Labute approximate surface area is 204 Å². The van der Waals surface area contributed by atoms with Gasteiger partial charge in [-0.1, -0.05) is 17.7 Å². The van der Waals surface area contributed by atoms with Gasteiger partial charge in [0.05, 0.1) is 19.4 Å². The number of carbonyl (C=O) groups is 1. The zero-order valence-electron chi connectivity index (χ0n) is 20.0. The number of benzene rings is 3. The first-order valence-electron chi connectivity index (χ1n) is 11.4. The van der Waals surface area contributed by atoms with Crippen LogP contribution in [0.25, 0.3) is 17.1 Å². The minimum Gasteiger partial charge on any atom is -0.497 e. The van der Waals surface area contributed by atoms with E-state index in [0.717, 1.165) is 22.6 Å². The summed E-state index contributed by atoms with van der Waals surface area (Å²) >= 11 is 0. The van der Waals surface area contributed by atoms with Crippen molar-refractivity contribution in [1.29, 1.82) is 0 Å². The van der Waals surface area contributed by atoms with Gasteiger partial charge in [0.25, 0.3) is 5.91 Å². The minimum absolute atomic E-state index is 0.164. The highest BCUT2D eigenvalue weighted by Gasteiger charge is 2.15. The standard InChI is InChI=1S/C27H28N4O4/c1-4-34-17-18-35-27-29-25(20-9-15-24(33-3)16-10-20)31(30-27)23-13-11-22(12-14-23)28-26(32)21-7-5-19(2)6-8-21/h5-16H,4,17-18H2,1-3H3,(H,28,32). The van der Waals surface area contributed by atoms with Crippen molar-refractivity contribution >= 4 is 11.6 Å². The second-order valence-corrected chi connectivity index (χ2v) is 7.77. The molecule has 0 bridgehead atoms. The number of amides is 1. The maximum atomic E-state index is 12.5. The topological polar surface area (TPSA) is 87.5 Å². The third kappa shape index (κ3) is 6.04. The number of ether oxygens (including phenoxy) is 3. The number of hydrogen-bond donors (Lipinski definition) is 1. The molecular weight excluding hydrogens is 444 g/mol. The van der Waals surface area contributed by atoms with Crippen molar-refractivity contribution in [2.75, 3.05) is 32.2 Å². The van der Waals surface area contributed by atoms with E-state index in [0.29, 0.717) is 36.9 Å². The van der Waals surface area contributed by atoms with Gasteiger partial charge in [0, 0.05) is 23.4 Å². The minimum atomic E-state index is -0.164. The van der Waals surface area contributed by atoms with Crippen molar-refractivity contribution in [2.45, 2.75) is 13.8 Å². The number of aryl methyl sites for hydroxylation is 1. The number of carbonyl (C=O) groups excluding carboxylic acids is 1. The third-order valence-electron chi connectivity index (χ3n) is 5.28. The smallest absolute Gasteiger partial charge is 0.336 e. The summed E-state index contributed by atoms with van der Waals surface area (Å²) in [5.74, 6) is 1.21. The molecule has 8 heteroatoms. The highest BCUT2D eigenvalue weighted by molar-refractivity contribution is 6.04. The normalized spacial score (nSPS) is 10.7. The van der Waals surface area contributed by atoms with Crippen LogP contribution in [0, 0.1) is 6.92 Å². The molecule has 0 fully saturated rings. The number of aromatic nitrogens is 3. The third-order valence-corrected chi connectivity index (χ3v) is 5.28. The largest absolute Gasteiger partial charge is 0.497 e. The lowest BCUT2D eigenvalue weighted by Gasteiger charge is -2.09. The monoisotopic (exact) mass is 472 g/mol. The van der Waals surface area contributed by atoms with E-state index in [-0.39, 0.29) is 11.9 Å². The highest BCUT2D eigenvalue weighted by atomic mass is 16.5. The van der Waals surface area contributed by atoms with Gasteiger partial charge >= 0.3 is 6.01 Å². The molecular formula is C27H28N4O4. The molecule has 180 valence electrons. The zero-order chi connectivity index (χ0) is 24.6. The lowest BCUT2D eigenvalue weighted by molar-refractivity contribution is 0.102. The SMILES string of the molecule is CCOCCOc1nc(-c2ccc(OC)cc2)n(-c2ccc(NC(=O)c3ccc(C)cc3)cc2)n1. The number of nitrogens with zero attached hydrogens (tertiary/aromatic N) is 3. The first-order valence-corrected chi connectivity index (χ1v) is 11.4. The molecule has 3 aromatic carbocycles. The van der Waals surface area contributed by atoms with E-state index >= 15 is 0 Å². The Bertz CT molecular complexity index is 1250. The molecule has 0 atom stereocenters. The summed E-state index contributed by atoms with van der Waals surface area (Å²) < 4.78 is 18.0. The zero-order valence-corrected chi connectivity index (χ0v) is 20.0. The molecule has 35 heavy (non-hydrogen) atoms. The van der Waals surface area contributed by atoms with Gasteiger partial charge in [0.15, 0.2) is 5.82 Å². The van der Waals surface area contributed by atoms with Gasteiger partial charge < -0.3 is 19.5 Å². The Kier molecular flexibility index (Phi) is 7.74. The molecule has 4 rings (SSSR count). The van der Waals surface area contributed by atoms with Gasteiger partial charge in [0.1, 0.15) is 12.4 Å². The van der Waals surface area contributed by atoms with Crippen LogP contribution >= 0.6 is 0 Å². The molecule has 1 amide bonds. The Morgan fingerprint density at radius 1 is 0.943 bits per heavy atom. The fourth-order valence-corrected chi connectivity index (χ4v) is 3.39. The van der Waals surface area contributed by atoms with E-state index in [1.807, 2.05) is 86.6 Å². The van der Waals surface area contributed by atoms with Crippen LogP contribution in [0.3, 0.4) is 0 Å². The number of rotatable bonds is 10. The Morgan fingerprint density at radius 3 is 2.31 bits per heavy atom. The predicted octanol–water partition coefficient (Wildman–Crippen LogP) is 4.92. The van der Waals surface area contributed by atoms with Crippen molar-refractivity contribution in [3.63, 3.8) is 0 Å². The van der Waals surface area contributed by atoms with Gasteiger partial charge in [-0.05, 0) is 74.5 Å². The van der Waals surface area contributed by atoms with E-state index in [1.165, 1.54) is 0 Å². The number of hydrogen-bond acceptors (Lipinski definition) is 6. The van der Waals surface area contributed by atoms with Crippen LogP contribution < -0.4 is 14.8 Å². The van der Waals surface area contributed by atoms with Crippen LogP contribution in [0.2, 0.25) is 0 Å². The average Bonchev–Trinajstić information content (AvgIpc) is 3.31. The number of nitrogens with one attached hydrogen (secondary N) is 1. The maximum absolute atomic E-state index is 12.5. The lowest BCUT2D eigenvalue weighted by Crippen LogP contribution is -2.11. The molecule has 0 aliphatic rings. The van der Waals surface area contributed by atoms with E-state index in [2.05, 4.69) is 15.4 Å². The quantitative estimate of drug-likeness (QED) is 0.330. The Balaban J connectivity index is 1.57. The summed E-state index contributed by atoms with van der Waals surface area (Å²) in [4.78, 5) is 17.1. The summed E-state index contributed by atoms with van der Waals surface area (Å²) in [5, 5.41) is 7.48. The summed E-state index contributed by atoms with van der Waals surface area (Å²) in [6.45, 7) is 5.35. The van der Waals surface area contributed by atoms with Crippen LogP contribution in [-0.2, 0) is 4.74 Å². The van der Waals surface area contributed by atoms with Crippen molar-refractivity contribution in [3.8, 4) is 28.8 Å². The Morgan fingerprint density at radius 2 is 1.66 bits per heavy atom. The second-order valence-electron chi connectivity index (χ2n) is 7.77. The molecule has 0 saturated carbocycles. The molecule has 1 aromatic heterocycles.